The van der Waals surface area contributed by atoms with Crippen LogP contribution in [0.1, 0.15) is 10.4 Å². The number of likely N-dealkylation sites (N-methyl/N-ethyl adjacent to an activating group) is 1. The molecule has 1 aromatic carbocycles. The Labute approximate surface area is 152 Å². The molecular weight excluding hydrogens is 399 g/mol. The molecule has 1 saturated heterocycles. The molecule has 7 nitrogen and oxygen atoms in total. The minimum absolute atomic E-state index is 0.122. The first kappa shape index (κ1) is 19.3. The molecule has 25 heavy (non-hydrogen) atoms. The normalized spacial score (nSPS) is 14.1. The van der Waals surface area contributed by atoms with Gasteiger partial charge in [-0.2, -0.15) is 0 Å². The standard InChI is InChI=1S/C16H18BrFN2O5/c1-19(9-14(21)20-4-6-24-7-5-20)15(22)10-25-16(23)12-3-2-11(17)8-13(12)18/h2-3,8H,4-7,9-10H2,1H3. The Morgan fingerprint density at radius 1 is 1.32 bits per heavy atom. The summed E-state index contributed by atoms with van der Waals surface area (Å²) < 4.78 is 24.1. The van der Waals surface area contributed by atoms with E-state index in [4.69, 9.17) is 9.47 Å². The Hall–Kier alpha value is -2.00. The van der Waals surface area contributed by atoms with Crippen LogP contribution in [-0.4, -0.2) is 74.1 Å². The SMILES string of the molecule is CN(CC(=O)N1CCOCC1)C(=O)COC(=O)c1ccc(Br)cc1F. The Kier molecular flexibility index (Phi) is 6.89. The third-order valence-corrected chi connectivity index (χ3v) is 4.13. The van der Waals surface area contributed by atoms with Gasteiger partial charge in [0, 0.05) is 24.6 Å². The average Bonchev–Trinajstić information content (AvgIpc) is 2.60. The highest BCUT2D eigenvalue weighted by Crippen LogP contribution is 2.16. The summed E-state index contributed by atoms with van der Waals surface area (Å²) in [5.41, 5.74) is -0.261. The fraction of sp³-hybridized carbons (Fsp3) is 0.438. The van der Waals surface area contributed by atoms with Gasteiger partial charge in [-0.15, -0.1) is 0 Å². The van der Waals surface area contributed by atoms with Gasteiger partial charge in [0.15, 0.2) is 6.61 Å². The summed E-state index contributed by atoms with van der Waals surface area (Å²) in [6, 6.07) is 3.89. The second-order valence-corrected chi connectivity index (χ2v) is 6.36. The molecule has 136 valence electrons. The molecule has 0 bridgehead atoms. The van der Waals surface area contributed by atoms with Gasteiger partial charge >= 0.3 is 5.97 Å². The Morgan fingerprint density at radius 2 is 2.00 bits per heavy atom. The zero-order valence-electron chi connectivity index (χ0n) is 13.7. The lowest BCUT2D eigenvalue weighted by atomic mass is 10.2. The van der Waals surface area contributed by atoms with Crippen LogP contribution in [0.2, 0.25) is 0 Å². The van der Waals surface area contributed by atoms with Crippen LogP contribution in [0.4, 0.5) is 4.39 Å². The molecule has 0 aromatic heterocycles. The van der Waals surface area contributed by atoms with E-state index in [1.807, 2.05) is 0 Å². The number of amides is 2. The summed E-state index contributed by atoms with van der Waals surface area (Å²) in [5.74, 6) is -2.44. The number of halogens is 2. The Bertz CT molecular complexity index is 664. The van der Waals surface area contributed by atoms with E-state index in [1.54, 1.807) is 4.90 Å². The van der Waals surface area contributed by atoms with Crippen molar-refractivity contribution >= 4 is 33.7 Å². The van der Waals surface area contributed by atoms with E-state index >= 15 is 0 Å². The van der Waals surface area contributed by atoms with Crippen molar-refractivity contribution in [3.05, 3.63) is 34.1 Å². The van der Waals surface area contributed by atoms with E-state index in [-0.39, 0.29) is 18.0 Å². The van der Waals surface area contributed by atoms with E-state index in [0.29, 0.717) is 30.8 Å². The second kappa shape index (κ2) is 8.91. The van der Waals surface area contributed by atoms with E-state index in [1.165, 1.54) is 24.1 Å². The van der Waals surface area contributed by atoms with Gasteiger partial charge in [0.25, 0.3) is 5.91 Å². The van der Waals surface area contributed by atoms with Crippen molar-refractivity contribution in [2.75, 3.05) is 46.5 Å². The Morgan fingerprint density at radius 3 is 2.64 bits per heavy atom. The average molecular weight is 417 g/mol. The molecule has 0 N–H and O–H groups in total. The summed E-state index contributed by atoms with van der Waals surface area (Å²) in [6.45, 7) is 1.22. The zero-order chi connectivity index (χ0) is 18.4. The first-order chi connectivity index (χ1) is 11.9. The number of nitrogens with zero attached hydrogens (tertiary/aromatic N) is 2. The number of esters is 1. The van der Waals surface area contributed by atoms with E-state index in [2.05, 4.69) is 15.9 Å². The highest BCUT2D eigenvalue weighted by atomic mass is 79.9. The molecule has 0 unspecified atom stereocenters. The maximum atomic E-state index is 13.7. The number of carbonyl (C=O) groups excluding carboxylic acids is 3. The van der Waals surface area contributed by atoms with Crippen molar-refractivity contribution in [3.63, 3.8) is 0 Å². The van der Waals surface area contributed by atoms with Crippen molar-refractivity contribution in [2.45, 2.75) is 0 Å². The first-order valence-corrected chi connectivity index (χ1v) is 8.39. The molecule has 0 saturated carbocycles. The highest BCUT2D eigenvalue weighted by Gasteiger charge is 2.22. The van der Waals surface area contributed by atoms with Crippen molar-refractivity contribution < 1.29 is 28.2 Å². The third-order valence-electron chi connectivity index (χ3n) is 3.64. The molecule has 1 aromatic rings. The van der Waals surface area contributed by atoms with Crippen molar-refractivity contribution in [3.8, 4) is 0 Å². The minimum Gasteiger partial charge on any atom is -0.452 e. The number of benzene rings is 1. The molecule has 0 spiro atoms. The molecule has 0 atom stereocenters. The highest BCUT2D eigenvalue weighted by molar-refractivity contribution is 9.10. The molecule has 1 fully saturated rings. The number of hydrogen-bond donors (Lipinski definition) is 0. The summed E-state index contributed by atoms with van der Waals surface area (Å²) in [5, 5.41) is 0. The summed E-state index contributed by atoms with van der Waals surface area (Å²) in [4.78, 5) is 38.7. The molecule has 2 rings (SSSR count). The Balaban J connectivity index is 1.82. The number of morpholine rings is 1. The van der Waals surface area contributed by atoms with Crippen molar-refractivity contribution in [2.24, 2.45) is 0 Å². The van der Waals surface area contributed by atoms with Crippen molar-refractivity contribution in [1.82, 2.24) is 9.80 Å². The van der Waals surface area contributed by atoms with Gasteiger partial charge in [0.1, 0.15) is 5.82 Å². The largest absolute Gasteiger partial charge is 0.452 e. The van der Waals surface area contributed by atoms with Gasteiger partial charge in [0.05, 0.1) is 25.3 Å². The van der Waals surface area contributed by atoms with Gasteiger partial charge in [-0.3, -0.25) is 9.59 Å². The minimum atomic E-state index is -0.939. The summed E-state index contributed by atoms with van der Waals surface area (Å²) >= 11 is 3.09. The van der Waals surface area contributed by atoms with Gasteiger partial charge in [0.2, 0.25) is 5.91 Å². The molecule has 2 amide bonds. The second-order valence-electron chi connectivity index (χ2n) is 5.44. The maximum absolute atomic E-state index is 13.7. The van der Waals surface area contributed by atoms with Gasteiger partial charge in [-0.05, 0) is 18.2 Å². The van der Waals surface area contributed by atoms with Crippen LogP contribution in [0, 0.1) is 5.82 Å². The van der Waals surface area contributed by atoms with Crippen LogP contribution in [0.15, 0.2) is 22.7 Å². The number of hydrogen-bond acceptors (Lipinski definition) is 5. The molecule has 0 aliphatic carbocycles. The summed E-state index contributed by atoms with van der Waals surface area (Å²) in [6.07, 6.45) is 0. The zero-order valence-corrected chi connectivity index (χ0v) is 15.3. The molecule has 1 heterocycles. The third kappa shape index (κ3) is 5.50. The topological polar surface area (TPSA) is 76.2 Å². The van der Waals surface area contributed by atoms with Crippen LogP contribution in [0.5, 0.6) is 0 Å². The van der Waals surface area contributed by atoms with Crippen molar-refractivity contribution in [1.29, 1.82) is 0 Å². The monoisotopic (exact) mass is 416 g/mol. The van der Waals surface area contributed by atoms with Gasteiger partial charge < -0.3 is 19.3 Å². The first-order valence-electron chi connectivity index (χ1n) is 7.60. The van der Waals surface area contributed by atoms with Gasteiger partial charge in [-0.25, -0.2) is 9.18 Å². The lowest BCUT2D eigenvalue weighted by molar-refractivity contribution is -0.143. The fourth-order valence-corrected chi connectivity index (χ4v) is 2.51. The number of rotatable bonds is 5. The van der Waals surface area contributed by atoms with Gasteiger partial charge in [-0.1, -0.05) is 15.9 Å². The number of carbonyl (C=O) groups is 3. The molecule has 0 radical (unpaired) electrons. The van der Waals surface area contributed by atoms with Crippen LogP contribution in [0.3, 0.4) is 0 Å². The lowest BCUT2D eigenvalue weighted by Crippen LogP contribution is -2.46. The fourth-order valence-electron chi connectivity index (χ4n) is 2.17. The number of ether oxygens (including phenoxy) is 2. The summed E-state index contributed by atoms with van der Waals surface area (Å²) in [7, 11) is 1.44. The predicted molar refractivity (Wildman–Crippen MR) is 89.4 cm³/mol. The van der Waals surface area contributed by atoms with Crippen LogP contribution in [-0.2, 0) is 19.1 Å². The molecule has 9 heteroatoms. The van der Waals surface area contributed by atoms with E-state index < -0.39 is 24.3 Å². The smallest absolute Gasteiger partial charge is 0.341 e. The van der Waals surface area contributed by atoms with E-state index in [9.17, 15) is 18.8 Å². The molecular formula is C16H18BrFN2O5. The molecule has 1 aliphatic rings. The lowest BCUT2D eigenvalue weighted by Gasteiger charge is -2.28. The quantitative estimate of drug-likeness (QED) is 0.670. The predicted octanol–water partition coefficient (Wildman–Crippen LogP) is 1.06. The van der Waals surface area contributed by atoms with Crippen LogP contribution >= 0.6 is 15.9 Å². The molecule has 1 aliphatic heterocycles. The van der Waals surface area contributed by atoms with Crippen LogP contribution in [0.25, 0.3) is 0 Å². The maximum Gasteiger partial charge on any atom is 0.341 e. The van der Waals surface area contributed by atoms with Crippen LogP contribution < -0.4 is 0 Å². The van der Waals surface area contributed by atoms with E-state index in [0.717, 1.165) is 6.07 Å².